The van der Waals surface area contributed by atoms with E-state index in [1.165, 1.54) is 12.5 Å². The predicted molar refractivity (Wildman–Crippen MR) is 88.2 cm³/mol. The molecular formula is C15H17N5O3S. The Balaban J connectivity index is 1.51. The molecule has 1 aliphatic rings. The molecule has 0 saturated carbocycles. The molecule has 24 heavy (non-hydrogen) atoms. The molecule has 126 valence electrons. The van der Waals surface area contributed by atoms with Crippen molar-refractivity contribution in [3.8, 4) is 0 Å². The molecule has 1 fully saturated rings. The Morgan fingerprint density at radius 3 is 3.04 bits per heavy atom. The predicted octanol–water partition coefficient (Wildman–Crippen LogP) is 1.50. The quantitative estimate of drug-likeness (QED) is 0.725. The number of nitrogens with zero attached hydrogens (tertiary/aromatic N) is 3. The van der Waals surface area contributed by atoms with Crippen LogP contribution in [0.3, 0.4) is 0 Å². The third-order valence-corrected chi connectivity index (χ3v) is 5.53. The summed E-state index contributed by atoms with van der Waals surface area (Å²) < 4.78 is 32.8. The molecule has 1 aliphatic heterocycles. The average Bonchev–Trinajstić information content (AvgIpc) is 3.31. The Labute approximate surface area is 139 Å². The minimum absolute atomic E-state index is 0.00996. The van der Waals surface area contributed by atoms with Gasteiger partial charge in [-0.3, -0.25) is 0 Å². The second kappa shape index (κ2) is 5.91. The third-order valence-electron chi connectivity index (χ3n) is 4.18. The highest BCUT2D eigenvalue weighted by Crippen LogP contribution is 2.28. The van der Waals surface area contributed by atoms with Crippen molar-refractivity contribution < 1.29 is 12.8 Å². The number of nitrogens with one attached hydrogen (secondary N) is 2. The second-order valence-electron chi connectivity index (χ2n) is 5.72. The monoisotopic (exact) mass is 347 g/mol. The molecule has 1 aromatic carbocycles. The van der Waals surface area contributed by atoms with Crippen LogP contribution in [0.2, 0.25) is 0 Å². The number of para-hydroxylation sites is 2. The Morgan fingerprint density at radius 2 is 2.25 bits per heavy atom. The van der Waals surface area contributed by atoms with Gasteiger partial charge in [0.2, 0.25) is 0 Å². The van der Waals surface area contributed by atoms with Gasteiger partial charge in [0, 0.05) is 19.1 Å². The fraction of sp³-hybridized carbons (Fsp3) is 0.333. The highest BCUT2D eigenvalue weighted by atomic mass is 32.2. The standard InChI is InChI=1S/C15H17N5O3S/c21-24(22,14-9-16-10-17-14)18-8-11-4-3-7-20(11)15-19-12-5-1-2-6-13(12)23-15/h1-2,5-6,9-11,18H,3-4,7-8H2,(H,16,17). The summed E-state index contributed by atoms with van der Waals surface area (Å²) in [5.41, 5.74) is 1.53. The molecule has 9 heteroatoms. The van der Waals surface area contributed by atoms with Crippen molar-refractivity contribution in [2.75, 3.05) is 18.0 Å². The molecule has 0 amide bonds. The van der Waals surface area contributed by atoms with E-state index < -0.39 is 10.0 Å². The molecule has 1 unspecified atom stereocenters. The lowest BCUT2D eigenvalue weighted by Crippen LogP contribution is -2.40. The minimum atomic E-state index is -3.58. The smallest absolute Gasteiger partial charge is 0.298 e. The van der Waals surface area contributed by atoms with E-state index in [1.807, 2.05) is 29.2 Å². The lowest BCUT2D eigenvalue weighted by molar-refractivity contribution is 0.533. The first-order valence-electron chi connectivity index (χ1n) is 7.74. The number of sulfonamides is 1. The minimum Gasteiger partial charge on any atom is -0.423 e. The molecule has 3 aromatic rings. The number of oxazole rings is 1. The van der Waals surface area contributed by atoms with Gasteiger partial charge >= 0.3 is 0 Å². The molecule has 2 aromatic heterocycles. The molecular weight excluding hydrogens is 330 g/mol. The Morgan fingerprint density at radius 1 is 1.38 bits per heavy atom. The largest absolute Gasteiger partial charge is 0.423 e. The summed E-state index contributed by atoms with van der Waals surface area (Å²) in [7, 11) is -3.58. The molecule has 0 spiro atoms. The summed E-state index contributed by atoms with van der Waals surface area (Å²) in [6, 6.07) is 8.13. The first kappa shape index (κ1) is 15.2. The zero-order valence-corrected chi connectivity index (χ0v) is 13.7. The molecule has 0 bridgehead atoms. The van der Waals surface area contributed by atoms with Gasteiger partial charge in [0.15, 0.2) is 10.6 Å². The van der Waals surface area contributed by atoms with E-state index in [4.69, 9.17) is 4.42 Å². The van der Waals surface area contributed by atoms with Crippen molar-refractivity contribution >= 4 is 27.1 Å². The number of anilines is 1. The van der Waals surface area contributed by atoms with Gasteiger partial charge < -0.3 is 14.3 Å². The van der Waals surface area contributed by atoms with Gasteiger partial charge in [-0.25, -0.2) is 18.1 Å². The summed E-state index contributed by atoms with van der Waals surface area (Å²) in [4.78, 5) is 12.9. The van der Waals surface area contributed by atoms with Crippen molar-refractivity contribution in [3.63, 3.8) is 0 Å². The fourth-order valence-electron chi connectivity index (χ4n) is 2.96. The first-order chi connectivity index (χ1) is 11.6. The first-order valence-corrected chi connectivity index (χ1v) is 9.22. The van der Waals surface area contributed by atoms with E-state index >= 15 is 0 Å². The van der Waals surface area contributed by atoms with Gasteiger partial charge in [-0.15, -0.1) is 0 Å². The number of benzene rings is 1. The Bertz CT molecular complexity index is 902. The molecule has 0 aliphatic carbocycles. The lowest BCUT2D eigenvalue weighted by atomic mass is 10.2. The van der Waals surface area contributed by atoms with Crippen LogP contribution < -0.4 is 9.62 Å². The van der Waals surface area contributed by atoms with Crippen LogP contribution >= 0.6 is 0 Å². The van der Waals surface area contributed by atoms with E-state index in [1.54, 1.807) is 0 Å². The lowest BCUT2D eigenvalue weighted by Gasteiger charge is -2.22. The van der Waals surface area contributed by atoms with Crippen LogP contribution in [0, 0.1) is 0 Å². The van der Waals surface area contributed by atoms with Crippen LogP contribution in [0.5, 0.6) is 0 Å². The van der Waals surface area contributed by atoms with Crippen molar-refractivity contribution in [1.82, 2.24) is 19.7 Å². The van der Waals surface area contributed by atoms with Gasteiger partial charge in [-0.05, 0) is 25.0 Å². The highest BCUT2D eigenvalue weighted by molar-refractivity contribution is 7.89. The number of aromatic amines is 1. The SMILES string of the molecule is O=S(=O)(NCC1CCCN1c1nc2ccccc2o1)c1cnc[nH]1. The van der Waals surface area contributed by atoms with Crippen molar-refractivity contribution in [2.24, 2.45) is 0 Å². The third kappa shape index (κ3) is 2.76. The molecule has 8 nitrogen and oxygen atoms in total. The number of fused-ring (bicyclic) bond motifs is 1. The summed E-state index contributed by atoms with van der Waals surface area (Å²) in [6.45, 7) is 1.09. The number of rotatable bonds is 5. The Kier molecular flexibility index (Phi) is 3.73. The molecule has 3 heterocycles. The van der Waals surface area contributed by atoms with Crippen LogP contribution in [-0.2, 0) is 10.0 Å². The topological polar surface area (TPSA) is 104 Å². The van der Waals surface area contributed by atoms with E-state index in [9.17, 15) is 8.42 Å². The maximum Gasteiger partial charge on any atom is 0.298 e. The van der Waals surface area contributed by atoms with Gasteiger partial charge in [0.05, 0.1) is 12.5 Å². The summed E-state index contributed by atoms with van der Waals surface area (Å²) in [5, 5.41) is 0.0638. The number of hydrogen-bond donors (Lipinski definition) is 2. The van der Waals surface area contributed by atoms with E-state index in [-0.39, 0.29) is 11.1 Å². The van der Waals surface area contributed by atoms with Gasteiger partial charge in [0.1, 0.15) is 5.52 Å². The number of imidazole rings is 1. The van der Waals surface area contributed by atoms with Crippen LogP contribution in [0.15, 0.2) is 46.2 Å². The summed E-state index contributed by atoms with van der Waals surface area (Å²) in [6.07, 6.45) is 4.48. The van der Waals surface area contributed by atoms with Gasteiger partial charge in [0.25, 0.3) is 16.0 Å². The number of H-pyrrole nitrogens is 1. The molecule has 4 rings (SSSR count). The zero-order valence-electron chi connectivity index (χ0n) is 12.8. The maximum absolute atomic E-state index is 12.2. The second-order valence-corrected chi connectivity index (χ2v) is 7.46. The van der Waals surface area contributed by atoms with E-state index in [0.29, 0.717) is 12.6 Å². The maximum atomic E-state index is 12.2. The van der Waals surface area contributed by atoms with Crippen LogP contribution in [0.25, 0.3) is 11.1 Å². The molecule has 1 atom stereocenters. The molecule has 0 radical (unpaired) electrons. The van der Waals surface area contributed by atoms with Gasteiger partial charge in [-0.1, -0.05) is 12.1 Å². The normalized spacial score (nSPS) is 18.5. The van der Waals surface area contributed by atoms with Crippen molar-refractivity contribution in [3.05, 3.63) is 36.8 Å². The summed E-state index contributed by atoms with van der Waals surface area (Å²) in [5.74, 6) is 0. The Hall–Kier alpha value is -2.39. The number of aromatic nitrogens is 3. The number of hydrogen-bond acceptors (Lipinski definition) is 6. The van der Waals surface area contributed by atoms with Crippen LogP contribution in [0.4, 0.5) is 6.01 Å². The average molecular weight is 347 g/mol. The van der Waals surface area contributed by atoms with Crippen molar-refractivity contribution in [2.45, 2.75) is 23.9 Å². The summed E-state index contributed by atoms with van der Waals surface area (Å²) >= 11 is 0. The molecule has 1 saturated heterocycles. The van der Waals surface area contributed by atoms with Gasteiger partial charge in [-0.2, -0.15) is 4.98 Å². The van der Waals surface area contributed by atoms with E-state index in [0.717, 1.165) is 30.5 Å². The fourth-order valence-corrected chi connectivity index (χ4v) is 3.93. The molecule has 2 N–H and O–H groups in total. The van der Waals surface area contributed by atoms with Crippen molar-refractivity contribution in [1.29, 1.82) is 0 Å². The highest BCUT2D eigenvalue weighted by Gasteiger charge is 2.30. The zero-order chi connectivity index (χ0) is 16.6. The van der Waals surface area contributed by atoms with Crippen LogP contribution in [-0.4, -0.2) is 42.5 Å². The van der Waals surface area contributed by atoms with E-state index in [2.05, 4.69) is 19.7 Å². The van der Waals surface area contributed by atoms with Crippen LogP contribution in [0.1, 0.15) is 12.8 Å².